The average molecular weight is 271 g/mol. The van der Waals surface area contributed by atoms with Crippen molar-refractivity contribution in [2.45, 2.75) is 13.8 Å². The number of amidine groups is 1. The number of fused-ring (bicyclic) bond motifs is 1. The van der Waals surface area contributed by atoms with Gasteiger partial charge in [0.15, 0.2) is 5.84 Å². The number of guanidine groups is 1. The SMILES string of the molecule is CN1C(c2ccncc2)=NC2=NC(=O)C(C)(C)C(=O)N21. The summed E-state index contributed by atoms with van der Waals surface area (Å²) in [6, 6.07) is 3.57. The number of hydrogen-bond acceptors (Lipinski definition) is 5. The lowest BCUT2D eigenvalue weighted by Crippen LogP contribution is -2.55. The summed E-state index contributed by atoms with van der Waals surface area (Å²) in [5.41, 5.74) is -0.362. The number of hydrazine groups is 1. The summed E-state index contributed by atoms with van der Waals surface area (Å²) in [4.78, 5) is 36.4. The molecule has 1 aromatic heterocycles. The van der Waals surface area contributed by atoms with Gasteiger partial charge in [-0.25, -0.2) is 0 Å². The highest BCUT2D eigenvalue weighted by Crippen LogP contribution is 2.30. The van der Waals surface area contributed by atoms with Crippen LogP contribution < -0.4 is 0 Å². The molecule has 102 valence electrons. The van der Waals surface area contributed by atoms with Gasteiger partial charge in [-0.3, -0.25) is 19.6 Å². The highest BCUT2D eigenvalue weighted by molar-refractivity contribution is 6.23. The zero-order valence-corrected chi connectivity index (χ0v) is 11.4. The van der Waals surface area contributed by atoms with E-state index >= 15 is 0 Å². The Balaban J connectivity index is 2.07. The molecule has 0 aromatic carbocycles. The fourth-order valence-electron chi connectivity index (χ4n) is 2.08. The van der Waals surface area contributed by atoms with Crippen LogP contribution in [0, 0.1) is 5.41 Å². The Hall–Kier alpha value is -2.57. The lowest BCUT2D eigenvalue weighted by atomic mass is 9.90. The number of aromatic nitrogens is 1. The third-order valence-electron chi connectivity index (χ3n) is 3.40. The number of rotatable bonds is 1. The molecule has 3 heterocycles. The molecular formula is C13H13N5O2. The van der Waals surface area contributed by atoms with Gasteiger partial charge in [-0.1, -0.05) is 0 Å². The lowest BCUT2D eigenvalue weighted by molar-refractivity contribution is -0.151. The van der Waals surface area contributed by atoms with Crippen LogP contribution >= 0.6 is 0 Å². The third kappa shape index (κ3) is 1.56. The van der Waals surface area contributed by atoms with Crippen LogP contribution in [0.2, 0.25) is 0 Å². The second kappa shape index (κ2) is 3.96. The molecule has 2 aliphatic heterocycles. The minimum atomic E-state index is -1.17. The van der Waals surface area contributed by atoms with Crippen molar-refractivity contribution in [2.24, 2.45) is 15.4 Å². The Kier molecular flexibility index (Phi) is 2.47. The van der Waals surface area contributed by atoms with Gasteiger partial charge in [0.2, 0.25) is 0 Å². The number of pyridine rings is 1. The minimum Gasteiger partial charge on any atom is -0.271 e. The minimum absolute atomic E-state index is 0.119. The maximum atomic E-state index is 12.4. The number of amides is 2. The highest BCUT2D eigenvalue weighted by atomic mass is 16.2. The molecule has 0 atom stereocenters. The van der Waals surface area contributed by atoms with E-state index in [-0.39, 0.29) is 11.9 Å². The van der Waals surface area contributed by atoms with Crippen LogP contribution in [-0.4, -0.2) is 45.7 Å². The van der Waals surface area contributed by atoms with E-state index in [4.69, 9.17) is 0 Å². The number of nitrogens with zero attached hydrogens (tertiary/aromatic N) is 5. The topological polar surface area (TPSA) is 78.2 Å². The van der Waals surface area contributed by atoms with E-state index in [1.54, 1.807) is 50.4 Å². The molecule has 7 heteroatoms. The smallest absolute Gasteiger partial charge is 0.264 e. The lowest BCUT2D eigenvalue weighted by Gasteiger charge is -2.34. The van der Waals surface area contributed by atoms with E-state index in [2.05, 4.69) is 15.0 Å². The molecule has 0 spiro atoms. The maximum absolute atomic E-state index is 12.4. The molecule has 0 N–H and O–H groups in total. The van der Waals surface area contributed by atoms with Crippen molar-refractivity contribution < 1.29 is 9.59 Å². The molecular weight excluding hydrogens is 258 g/mol. The Labute approximate surface area is 115 Å². The van der Waals surface area contributed by atoms with Gasteiger partial charge in [-0.05, 0) is 26.0 Å². The van der Waals surface area contributed by atoms with Gasteiger partial charge in [0.05, 0.1) is 0 Å². The summed E-state index contributed by atoms with van der Waals surface area (Å²) in [7, 11) is 1.71. The predicted molar refractivity (Wildman–Crippen MR) is 71.6 cm³/mol. The molecule has 0 radical (unpaired) electrons. The molecule has 3 rings (SSSR count). The maximum Gasteiger partial charge on any atom is 0.264 e. The monoisotopic (exact) mass is 271 g/mol. The normalized spacial score (nSPS) is 20.8. The third-order valence-corrected chi connectivity index (χ3v) is 3.40. The van der Waals surface area contributed by atoms with Gasteiger partial charge < -0.3 is 0 Å². The number of carbonyl (C=O) groups excluding carboxylic acids is 2. The van der Waals surface area contributed by atoms with Crippen LogP contribution in [0.15, 0.2) is 34.5 Å². The van der Waals surface area contributed by atoms with Gasteiger partial charge in [-0.2, -0.15) is 15.0 Å². The standard InChI is InChI=1S/C13H13N5O2/c1-13(2)10(19)16-12-15-9(8-4-6-14-7-5-8)17(3)18(12)11(13)20/h4-7H,1-3H3. The molecule has 0 aliphatic carbocycles. The predicted octanol–water partition coefficient (Wildman–Crippen LogP) is 0.440. The first-order chi connectivity index (χ1) is 9.43. The van der Waals surface area contributed by atoms with Crippen molar-refractivity contribution in [2.75, 3.05) is 7.05 Å². The van der Waals surface area contributed by atoms with E-state index in [1.165, 1.54) is 5.01 Å². The van der Waals surface area contributed by atoms with Gasteiger partial charge in [0.1, 0.15) is 5.41 Å². The molecule has 0 fully saturated rings. The molecule has 0 unspecified atom stereocenters. The van der Waals surface area contributed by atoms with Gasteiger partial charge >= 0.3 is 0 Å². The zero-order valence-electron chi connectivity index (χ0n) is 11.4. The second-order valence-electron chi connectivity index (χ2n) is 5.15. The first-order valence-corrected chi connectivity index (χ1v) is 6.13. The summed E-state index contributed by atoms with van der Waals surface area (Å²) in [6.07, 6.45) is 3.28. The van der Waals surface area contributed by atoms with E-state index in [1.807, 2.05) is 0 Å². The molecule has 0 saturated carbocycles. The fourth-order valence-corrected chi connectivity index (χ4v) is 2.08. The molecule has 2 aliphatic rings. The highest BCUT2D eigenvalue weighted by Gasteiger charge is 2.49. The number of carbonyl (C=O) groups is 2. The largest absolute Gasteiger partial charge is 0.271 e. The summed E-state index contributed by atoms with van der Waals surface area (Å²) in [6.45, 7) is 3.13. The Bertz CT molecular complexity index is 663. The van der Waals surface area contributed by atoms with Crippen LogP contribution in [-0.2, 0) is 9.59 Å². The van der Waals surface area contributed by atoms with E-state index in [0.717, 1.165) is 5.56 Å². The van der Waals surface area contributed by atoms with Crippen LogP contribution in [0.4, 0.5) is 0 Å². The van der Waals surface area contributed by atoms with Crippen molar-refractivity contribution in [3.8, 4) is 0 Å². The van der Waals surface area contributed by atoms with Crippen LogP contribution in [0.1, 0.15) is 19.4 Å². The van der Waals surface area contributed by atoms with E-state index in [0.29, 0.717) is 5.84 Å². The second-order valence-corrected chi connectivity index (χ2v) is 5.15. The molecule has 2 amide bonds. The summed E-state index contributed by atoms with van der Waals surface area (Å²) < 4.78 is 0. The van der Waals surface area contributed by atoms with Crippen molar-refractivity contribution in [3.63, 3.8) is 0 Å². The van der Waals surface area contributed by atoms with Gasteiger partial charge in [-0.15, -0.1) is 0 Å². The summed E-state index contributed by atoms with van der Waals surface area (Å²) in [5.74, 6) is -0.122. The average Bonchev–Trinajstić information content (AvgIpc) is 2.75. The van der Waals surface area contributed by atoms with Crippen LogP contribution in [0.25, 0.3) is 0 Å². The van der Waals surface area contributed by atoms with Crippen molar-refractivity contribution in [3.05, 3.63) is 30.1 Å². The van der Waals surface area contributed by atoms with Crippen LogP contribution in [0.3, 0.4) is 0 Å². The molecule has 1 aromatic rings. The molecule has 0 bridgehead atoms. The first-order valence-electron chi connectivity index (χ1n) is 6.13. The van der Waals surface area contributed by atoms with Gasteiger partial charge in [0, 0.05) is 25.0 Å². The number of hydrogen-bond donors (Lipinski definition) is 0. The van der Waals surface area contributed by atoms with Crippen LogP contribution in [0.5, 0.6) is 0 Å². The van der Waals surface area contributed by atoms with E-state index in [9.17, 15) is 9.59 Å². The summed E-state index contributed by atoms with van der Waals surface area (Å²) >= 11 is 0. The molecule has 7 nitrogen and oxygen atoms in total. The fraction of sp³-hybridized carbons (Fsp3) is 0.308. The Morgan fingerprint density at radius 3 is 2.40 bits per heavy atom. The van der Waals surface area contributed by atoms with E-state index < -0.39 is 11.3 Å². The molecule has 20 heavy (non-hydrogen) atoms. The van der Waals surface area contributed by atoms with Gasteiger partial charge in [0.25, 0.3) is 17.8 Å². The zero-order chi connectivity index (χ0) is 14.5. The van der Waals surface area contributed by atoms with Crippen molar-refractivity contribution in [1.29, 1.82) is 0 Å². The first kappa shape index (κ1) is 12.5. The van der Waals surface area contributed by atoms with Crippen molar-refractivity contribution >= 4 is 23.6 Å². The molecule has 0 saturated heterocycles. The summed E-state index contributed by atoms with van der Waals surface area (Å²) in [5, 5.41) is 2.93. The quantitative estimate of drug-likeness (QED) is 0.694. The van der Waals surface area contributed by atoms with Crippen molar-refractivity contribution in [1.82, 2.24) is 15.0 Å². The Morgan fingerprint density at radius 1 is 1.10 bits per heavy atom. The Morgan fingerprint density at radius 2 is 1.75 bits per heavy atom. The number of aliphatic imine (C=N–C) groups is 2.